The maximum atomic E-state index is 12.7. The number of nitrogens with zero attached hydrogens (tertiary/aromatic N) is 3. The number of benzene rings is 2. The predicted octanol–water partition coefficient (Wildman–Crippen LogP) is 2.59. The molecule has 0 bridgehead atoms. The first-order valence-electron chi connectivity index (χ1n) is 9.28. The van der Waals surface area contributed by atoms with E-state index in [-0.39, 0.29) is 5.91 Å². The molecule has 1 unspecified atom stereocenters. The Morgan fingerprint density at radius 3 is 2.82 bits per heavy atom. The highest BCUT2D eigenvalue weighted by molar-refractivity contribution is 6.07. The second-order valence-electron chi connectivity index (χ2n) is 7.22. The zero-order valence-electron chi connectivity index (χ0n) is 16.0. The summed E-state index contributed by atoms with van der Waals surface area (Å²) in [4.78, 5) is 23.9. The average Bonchev–Trinajstić information content (AvgIpc) is 3.02. The number of pyridine rings is 1. The lowest BCUT2D eigenvalue weighted by Gasteiger charge is -2.11. The highest BCUT2D eigenvalue weighted by atomic mass is 16.2. The molecule has 1 aliphatic rings. The fraction of sp³-hybridized carbons (Fsp3) is 0.227. The van der Waals surface area contributed by atoms with Gasteiger partial charge in [0, 0.05) is 23.2 Å². The third-order valence-electron chi connectivity index (χ3n) is 4.92. The van der Waals surface area contributed by atoms with Crippen molar-refractivity contribution in [1.82, 2.24) is 9.88 Å². The van der Waals surface area contributed by atoms with E-state index in [1.54, 1.807) is 0 Å². The van der Waals surface area contributed by atoms with Gasteiger partial charge in [-0.3, -0.25) is 14.8 Å². The van der Waals surface area contributed by atoms with E-state index in [1.165, 1.54) is 0 Å². The van der Waals surface area contributed by atoms with Crippen LogP contribution in [0.2, 0.25) is 0 Å². The minimum Gasteiger partial charge on any atom is -0.384 e. The van der Waals surface area contributed by atoms with Crippen LogP contribution < -0.4 is 11.1 Å². The molecule has 0 spiro atoms. The van der Waals surface area contributed by atoms with Crippen LogP contribution in [0.3, 0.4) is 0 Å². The van der Waals surface area contributed by atoms with E-state index < -0.39 is 5.92 Å². The third-order valence-corrected chi connectivity index (χ3v) is 4.92. The Hall–Kier alpha value is -3.25. The van der Waals surface area contributed by atoms with E-state index in [1.807, 2.05) is 68.7 Å². The van der Waals surface area contributed by atoms with E-state index in [9.17, 15) is 4.79 Å². The van der Waals surface area contributed by atoms with Gasteiger partial charge in [0.15, 0.2) is 0 Å². The molecule has 142 valence electrons. The van der Waals surface area contributed by atoms with Crippen molar-refractivity contribution in [3.05, 3.63) is 71.4 Å². The molecule has 0 saturated heterocycles. The minimum atomic E-state index is -0.450. The van der Waals surface area contributed by atoms with Gasteiger partial charge in [0.05, 0.1) is 17.8 Å². The van der Waals surface area contributed by atoms with Gasteiger partial charge in [0.1, 0.15) is 11.8 Å². The molecule has 2 aromatic carbocycles. The molecule has 0 radical (unpaired) electrons. The number of nitrogens with two attached hydrogens (primary N) is 1. The van der Waals surface area contributed by atoms with Crippen molar-refractivity contribution in [1.29, 1.82) is 0 Å². The molecule has 3 aromatic rings. The first-order chi connectivity index (χ1) is 13.5. The number of fused-ring (bicyclic) bond motifs is 2. The summed E-state index contributed by atoms with van der Waals surface area (Å²) in [6.07, 6.45) is 0. The number of nitrogens with one attached hydrogen (secondary N) is 1. The summed E-state index contributed by atoms with van der Waals surface area (Å²) in [5.74, 6) is -0.0404. The Labute approximate surface area is 164 Å². The van der Waals surface area contributed by atoms with Gasteiger partial charge < -0.3 is 16.0 Å². The number of anilines is 1. The van der Waals surface area contributed by atoms with Crippen molar-refractivity contribution in [2.75, 3.05) is 32.5 Å². The molecule has 0 aliphatic carbocycles. The fourth-order valence-corrected chi connectivity index (χ4v) is 3.42. The molecule has 1 aromatic heterocycles. The number of aliphatic imine (C=N–C) groups is 1. The lowest BCUT2D eigenvalue weighted by molar-refractivity contribution is -0.116. The number of carbonyl (C=O) groups excluding carboxylic acids is 1. The number of carbonyl (C=O) groups is 1. The Kier molecular flexibility index (Phi) is 4.79. The van der Waals surface area contributed by atoms with Gasteiger partial charge in [-0.25, -0.2) is 0 Å². The zero-order chi connectivity index (χ0) is 19.7. The first-order valence-corrected chi connectivity index (χ1v) is 9.28. The molecule has 2 heterocycles. The molecular formula is C22H23N5O. The summed E-state index contributed by atoms with van der Waals surface area (Å²) in [6, 6.07) is 17.5. The van der Waals surface area contributed by atoms with E-state index in [0.29, 0.717) is 12.4 Å². The standard InChI is InChI=1S/C22H23N5O/c1-27(2)12-11-24-21(23)15-8-9-18-16(13-15)20(22(28)26-18)19-10-7-14-5-3-4-6-17(14)25-19/h3-10,13,20H,11-12H2,1-2H3,(H2,23,24)(H,26,28). The Balaban J connectivity index is 1.69. The van der Waals surface area contributed by atoms with Crippen LogP contribution in [-0.2, 0) is 4.79 Å². The Bertz CT molecular complexity index is 1070. The number of likely N-dealkylation sites (N-methyl/N-ethyl adjacent to an activating group) is 1. The quantitative estimate of drug-likeness (QED) is 0.532. The molecular weight excluding hydrogens is 350 g/mol. The summed E-state index contributed by atoms with van der Waals surface area (Å²) < 4.78 is 0. The van der Waals surface area contributed by atoms with Crippen LogP contribution in [0.1, 0.15) is 22.7 Å². The van der Waals surface area contributed by atoms with Gasteiger partial charge >= 0.3 is 0 Å². The van der Waals surface area contributed by atoms with Crippen LogP contribution in [0.5, 0.6) is 0 Å². The number of hydrogen-bond donors (Lipinski definition) is 2. The van der Waals surface area contributed by atoms with Gasteiger partial charge in [0.2, 0.25) is 5.91 Å². The number of amidine groups is 1. The van der Waals surface area contributed by atoms with Gasteiger partial charge in [-0.2, -0.15) is 0 Å². The van der Waals surface area contributed by atoms with Crippen LogP contribution in [-0.4, -0.2) is 48.8 Å². The second kappa shape index (κ2) is 7.40. The molecule has 0 saturated carbocycles. The van der Waals surface area contributed by atoms with Crippen molar-refractivity contribution in [2.45, 2.75) is 5.92 Å². The van der Waals surface area contributed by atoms with Crippen LogP contribution >= 0.6 is 0 Å². The zero-order valence-corrected chi connectivity index (χ0v) is 16.0. The van der Waals surface area contributed by atoms with E-state index in [2.05, 4.69) is 15.2 Å². The largest absolute Gasteiger partial charge is 0.384 e. The summed E-state index contributed by atoms with van der Waals surface area (Å²) in [6.45, 7) is 1.46. The molecule has 1 amide bonds. The molecule has 0 fully saturated rings. The number of para-hydroxylation sites is 1. The van der Waals surface area contributed by atoms with Gasteiger partial charge in [-0.1, -0.05) is 24.3 Å². The summed E-state index contributed by atoms with van der Waals surface area (Å²) in [7, 11) is 4.00. The minimum absolute atomic E-state index is 0.0713. The SMILES string of the molecule is CN(C)CCN=C(N)c1ccc2c(c1)C(c1ccc3ccccc3n1)C(=O)N2. The Morgan fingerprint density at radius 1 is 1.18 bits per heavy atom. The normalized spacial score (nSPS) is 16.5. The third kappa shape index (κ3) is 3.46. The number of hydrogen-bond acceptors (Lipinski definition) is 4. The van der Waals surface area contributed by atoms with Crippen LogP contribution in [0.4, 0.5) is 5.69 Å². The Morgan fingerprint density at radius 2 is 2.00 bits per heavy atom. The van der Waals surface area contributed by atoms with Crippen LogP contribution in [0, 0.1) is 0 Å². The second-order valence-corrected chi connectivity index (χ2v) is 7.22. The summed E-state index contributed by atoms with van der Waals surface area (Å²) in [5, 5.41) is 4.00. The van der Waals surface area contributed by atoms with Crippen molar-refractivity contribution in [3.63, 3.8) is 0 Å². The van der Waals surface area contributed by atoms with Crippen molar-refractivity contribution >= 4 is 28.3 Å². The lowest BCUT2D eigenvalue weighted by Crippen LogP contribution is -2.19. The van der Waals surface area contributed by atoms with Gasteiger partial charge in [0.25, 0.3) is 0 Å². The summed E-state index contributed by atoms with van der Waals surface area (Å²) >= 11 is 0. The predicted molar refractivity (Wildman–Crippen MR) is 113 cm³/mol. The highest BCUT2D eigenvalue weighted by Crippen LogP contribution is 2.37. The molecule has 3 N–H and O–H groups in total. The van der Waals surface area contributed by atoms with E-state index in [4.69, 9.17) is 10.7 Å². The highest BCUT2D eigenvalue weighted by Gasteiger charge is 2.33. The number of amides is 1. The number of rotatable bonds is 5. The molecule has 6 nitrogen and oxygen atoms in total. The van der Waals surface area contributed by atoms with Crippen molar-refractivity contribution in [2.24, 2.45) is 10.7 Å². The topological polar surface area (TPSA) is 83.6 Å². The molecule has 1 atom stereocenters. The maximum Gasteiger partial charge on any atom is 0.238 e. The van der Waals surface area contributed by atoms with Gasteiger partial charge in [-0.15, -0.1) is 0 Å². The van der Waals surface area contributed by atoms with Crippen LogP contribution in [0.25, 0.3) is 10.9 Å². The van der Waals surface area contributed by atoms with E-state index in [0.717, 1.165) is 40.0 Å². The van der Waals surface area contributed by atoms with Crippen molar-refractivity contribution in [3.8, 4) is 0 Å². The smallest absolute Gasteiger partial charge is 0.238 e. The lowest BCUT2D eigenvalue weighted by atomic mass is 9.94. The maximum absolute atomic E-state index is 12.7. The van der Waals surface area contributed by atoms with E-state index >= 15 is 0 Å². The molecule has 1 aliphatic heterocycles. The number of aromatic nitrogens is 1. The monoisotopic (exact) mass is 373 g/mol. The molecule has 4 rings (SSSR count). The molecule has 6 heteroatoms. The molecule has 28 heavy (non-hydrogen) atoms. The summed E-state index contributed by atoms with van der Waals surface area (Å²) in [5.41, 5.74) is 10.3. The average molecular weight is 373 g/mol. The van der Waals surface area contributed by atoms with Crippen molar-refractivity contribution < 1.29 is 4.79 Å². The first kappa shape index (κ1) is 18.1. The fourth-order valence-electron chi connectivity index (χ4n) is 3.42. The van der Waals surface area contributed by atoms with Gasteiger partial charge in [-0.05, 0) is 50.0 Å². The van der Waals surface area contributed by atoms with Crippen LogP contribution in [0.15, 0.2) is 59.6 Å².